The highest BCUT2D eigenvalue weighted by Crippen LogP contribution is 2.31. The van der Waals surface area contributed by atoms with Crippen molar-refractivity contribution in [3.05, 3.63) is 17.5 Å². The van der Waals surface area contributed by atoms with Crippen molar-refractivity contribution in [3.63, 3.8) is 0 Å². The van der Waals surface area contributed by atoms with E-state index in [1.54, 1.807) is 28.5 Å². The molecule has 0 bridgehead atoms. The summed E-state index contributed by atoms with van der Waals surface area (Å²) in [5.41, 5.74) is -0.615. The first-order valence-corrected chi connectivity index (χ1v) is 9.42. The maximum atomic E-state index is 13.2. The van der Waals surface area contributed by atoms with Crippen LogP contribution in [0.5, 0.6) is 0 Å². The molecule has 2 amide bonds. The number of likely N-dealkylation sites (tertiary alicyclic amines) is 1. The van der Waals surface area contributed by atoms with Gasteiger partial charge in [-0.3, -0.25) is 9.59 Å². The van der Waals surface area contributed by atoms with Crippen molar-refractivity contribution in [1.29, 1.82) is 0 Å². The average molecular weight is 399 g/mol. The Kier molecular flexibility index (Phi) is 5.76. The van der Waals surface area contributed by atoms with Gasteiger partial charge in [0.1, 0.15) is 5.69 Å². The molecule has 0 aromatic carbocycles. The molecule has 3 heterocycles. The molecule has 0 atom stereocenters. The summed E-state index contributed by atoms with van der Waals surface area (Å²) in [4.78, 5) is 36.9. The molecule has 0 N–H and O–H groups in total. The molecule has 1 aromatic heterocycles. The molecule has 0 unspecified atom stereocenters. The van der Waals surface area contributed by atoms with Crippen molar-refractivity contribution < 1.29 is 22.8 Å². The molecule has 7 nitrogen and oxygen atoms in total. The number of hydrogen-bond donors (Lipinski definition) is 0. The molecular formula is C18H24F3N5O2. The first-order chi connectivity index (χ1) is 13.1. The van der Waals surface area contributed by atoms with Gasteiger partial charge in [0.15, 0.2) is 0 Å². The molecule has 2 aliphatic rings. The highest BCUT2D eigenvalue weighted by Gasteiger charge is 2.35. The second-order valence-electron chi connectivity index (χ2n) is 7.42. The second kappa shape index (κ2) is 7.92. The van der Waals surface area contributed by atoms with Gasteiger partial charge in [-0.1, -0.05) is 13.8 Å². The molecule has 154 valence electrons. The van der Waals surface area contributed by atoms with Crippen molar-refractivity contribution in [3.8, 4) is 0 Å². The molecule has 2 aliphatic heterocycles. The van der Waals surface area contributed by atoms with Crippen LogP contribution in [0.2, 0.25) is 0 Å². The van der Waals surface area contributed by atoms with E-state index in [9.17, 15) is 22.8 Å². The zero-order valence-electron chi connectivity index (χ0n) is 16.0. The molecule has 1 aromatic rings. The Balaban J connectivity index is 1.66. The summed E-state index contributed by atoms with van der Waals surface area (Å²) in [6.45, 7) is 5.63. The van der Waals surface area contributed by atoms with E-state index in [1.807, 2.05) is 0 Å². The van der Waals surface area contributed by atoms with Crippen LogP contribution in [0.25, 0.3) is 0 Å². The molecule has 0 spiro atoms. The molecule has 3 rings (SSSR count). The van der Waals surface area contributed by atoms with E-state index in [-0.39, 0.29) is 30.2 Å². The standard InChI is InChI=1S/C18H24F3N5O2/c1-12(2)13-10-14(18(19,20)21)23-17(22-13)25-8-6-24(7-9-25)16(28)11-26-5-3-4-15(26)27/h10,12H,3-9,11H2,1-2H3. The quantitative estimate of drug-likeness (QED) is 0.774. The number of piperazine rings is 1. The number of anilines is 1. The molecule has 2 saturated heterocycles. The lowest BCUT2D eigenvalue weighted by molar-refractivity contribution is -0.141. The van der Waals surface area contributed by atoms with E-state index in [4.69, 9.17) is 0 Å². The van der Waals surface area contributed by atoms with Crippen LogP contribution in [0, 0.1) is 0 Å². The van der Waals surface area contributed by atoms with Crippen molar-refractivity contribution in [2.75, 3.05) is 44.2 Å². The van der Waals surface area contributed by atoms with Gasteiger partial charge >= 0.3 is 6.18 Å². The van der Waals surface area contributed by atoms with Gasteiger partial charge < -0.3 is 14.7 Å². The lowest BCUT2D eigenvalue weighted by atomic mass is 10.1. The number of aromatic nitrogens is 2. The monoisotopic (exact) mass is 399 g/mol. The summed E-state index contributed by atoms with van der Waals surface area (Å²) in [6, 6.07) is 0.987. The highest BCUT2D eigenvalue weighted by atomic mass is 19.4. The summed E-state index contributed by atoms with van der Waals surface area (Å²) in [5.74, 6) is -0.266. The fourth-order valence-corrected chi connectivity index (χ4v) is 3.33. The van der Waals surface area contributed by atoms with Crippen molar-refractivity contribution in [2.45, 2.75) is 38.8 Å². The van der Waals surface area contributed by atoms with Crippen molar-refractivity contribution in [2.24, 2.45) is 0 Å². The van der Waals surface area contributed by atoms with Gasteiger partial charge in [0.25, 0.3) is 0 Å². The van der Waals surface area contributed by atoms with E-state index < -0.39 is 11.9 Å². The van der Waals surface area contributed by atoms with Crippen LogP contribution in [-0.4, -0.2) is 70.9 Å². The molecule has 2 fully saturated rings. The number of halogens is 3. The van der Waals surface area contributed by atoms with Gasteiger partial charge in [-0.15, -0.1) is 0 Å². The predicted molar refractivity (Wildman–Crippen MR) is 95.7 cm³/mol. The lowest BCUT2D eigenvalue weighted by Crippen LogP contribution is -2.51. The number of carbonyl (C=O) groups is 2. The summed E-state index contributed by atoms with van der Waals surface area (Å²) >= 11 is 0. The third kappa shape index (κ3) is 4.53. The van der Waals surface area contributed by atoms with Crippen LogP contribution < -0.4 is 4.90 Å². The van der Waals surface area contributed by atoms with Gasteiger partial charge in [-0.2, -0.15) is 13.2 Å². The number of nitrogens with zero attached hydrogens (tertiary/aromatic N) is 5. The number of hydrogen-bond acceptors (Lipinski definition) is 5. The zero-order valence-corrected chi connectivity index (χ0v) is 16.0. The van der Waals surface area contributed by atoms with E-state index in [0.717, 1.165) is 12.5 Å². The Morgan fingerprint density at radius 1 is 1.14 bits per heavy atom. The summed E-state index contributed by atoms with van der Waals surface area (Å²) in [7, 11) is 0. The van der Waals surface area contributed by atoms with Crippen LogP contribution >= 0.6 is 0 Å². The van der Waals surface area contributed by atoms with Gasteiger partial charge in [0, 0.05) is 44.8 Å². The molecule has 10 heteroatoms. The number of amides is 2. The summed E-state index contributed by atoms with van der Waals surface area (Å²) < 4.78 is 39.5. The largest absolute Gasteiger partial charge is 0.433 e. The number of carbonyl (C=O) groups excluding carboxylic acids is 2. The van der Waals surface area contributed by atoms with Crippen molar-refractivity contribution in [1.82, 2.24) is 19.8 Å². The maximum Gasteiger partial charge on any atom is 0.433 e. The van der Waals surface area contributed by atoms with Crippen molar-refractivity contribution >= 4 is 17.8 Å². The highest BCUT2D eigenvalue weighted by molar-refractivity contribution is 5.86. The minimum absolute atomic E-state index is 0.00873. The van der Waals surface area contributed by atoms with E-state index >= 15 is 0 Å². The molecule has 0 radical (unpaired) electrons. The summed E-state index contributed by atoms with van der Waals surface area (Å²) in [5, 5.41) is 0. The molecular weight excluding hydrogens is 375 g/mol. The lowest BCUT2D eigenvalue weighted by Gasteiger charge is -2.35. The average Bonchev–Trinajstić information content (AvgIpc) is 3.05. The molecule has 28 heavy (non-hydrogen) atoms. The normalized spacial score (nSPS) is 18.4. The van der Waals surface area contributed by atoms with Crippen LogP contribution in [0.3, 0.4) is 0 Å². The van der Waals surface area contributed by atoms with Crippen LogP contribution in [0.15, 0.2) is 6.07 Å². The number of rotatable bonds is 4. The van der Waals surface area contributed by atoms with Gasteiger partial charge in [-0.25, -0.2) is 9.97 Å². The Morgan fingerprint density at radius 3 is 2.36 bits per heavy atom. The Hall–Kier alpha value is -2.39. The first-order valence-electron chi connectivity index (χ1n) is 9.42. The molecule has 0 saturated carbocycles. The van der Waals surface area contributed by atoms with E-state index in [0.29, 0.717) is 44.8 Å². The predicted octanol–water partition coefficient (Wildman–Crippen LogP) is 1.89. The third-order valence-electron chi connectivity index (χ3n) is 5.03. The first kappa shape index (κ1) is 20.3. The van der Waals surface area contributed by atoms with Gasteiger partial charge in [0.2, 0.25) is 17.8 Å². The van der Waals surface area contributed by atoms with E-state index in [1.165, 1.54) is 0 Å². The molecule has 0 aliphatic carbocycles. The minimum Gasteiger partial charge on any atom is -0.338 e. The summed E-state index contributed by atoms with van der Waals surface area (Å²) in [6.07, 6.45) is -3.29. The topological polar surface area (TPSA) is 69.6 Å². The SMILES string of the molecule is CC(C)c1cc(C(F)(F)F)nc(N2CCN(C(=O)CN3CCCC3=O)CC2)n1. The van der Waals surface area contributed by atoms with Gasteiger partial charge in [-0.05, 0) is 18.4 Å². The minimum atomic E-state index is -4.54. The Labute approximate surface area is 161 Å². The van der Waals surface area contributed by atoms with Gasteiger partial charge in [0.05, 0.1) is 6.54 Å². The maximum absolute atomic E-state index is 13.2. The Morgan fingerprint density at radius 2 is 1.82 bits per heavy atom. The van der Waals surface area contributed by atoms with Crippen LogP contribution in [0.4, 0.5) is 19.1 Å². The fourth-order valence-electron chi connectivity index (χ4n) is 3.33. The van der Waals surface area contributed by atoms with Crippen LogP contribution in [-0.2, 0) is 15.8 Å². The third-order valence-corrected chi connectivity index (χ3v) is 5.03. The Bertz CT molecular complexity index is 745. The van der Waals surface area contributed by atoms with Crippen LogP contribution in [0.1, 0.15) is 44.0 Å². The zero-order chi connectivity index (χ0) is 20.5. The second-order valence-corrected chi connectivity index (χ2v) is 7.42. The smallest absolute Gasteiger partial charge is 0.338 e. The van der Waals surface area contributed by atoms with E-state index in [2.05, 4.69) is 9.97 Å². The number of alkyl halides is 3. The fraction of sp³-hybridized carbons (Fsp3) is 0.667.